The summed E-state index contributed by atoms with van der Waals surface area (Å²) < 4.78 is 86.7. The quantitative estimate of drug-likeness (QED) is 0.161. The van der Waals surface area contributed by atoms with E-state index in [1.165, 1.54) is 11.1 Å². The van der Waals surface area contributed by atoms with Crippen molar-refractivity contribution in [3.63, 3.8) is 0 Å². The third kappa shape index (κ3) is 7.51. The highest BCUT2D eigenvalue weighted by molar-refractivity contribution is 7.91. The van der Waals surface area contributed by atoms with Crippen LogP contribution in [0.25, 0.3) is 6.08 Å². The molecule has 0 saturated heterocycles. The van der Waals surface area contributed by atoms with Gasteiger partial charge in [0, 0.05) is 6.42 Å². The lowest BCUT2D eigenvalue weighted by molar-refractivity contribution is -0.284. The highest BCUT2D eigenvalue weighted by Crippen LogP contribution is 2.62. The van der Waals surface area contributed by atoms with Crippen molar-refractivity contribution in [2.24, 2.45) is 17.3 Å². The van der Waals surface area contributed by atoms with E-state index in [4.69, 9.17) is 0 Å². The molecule has 10 heteroatoms. The number of hydrogen-bond acceptors (Lipinski definition) is 4. The molecule has 4 nitrogen and oxygen atoms in total. The van der Waals surface area contributed by atoms with Gasteiger partial charge in [-0.3, -0.25) is 0 Å². The monoisotopic (exact) mass is 620 g/mol. The maximum absolute atomic E-state index is 13.0. The molecule has 0 bridgehead atoms. The number of alkyl halides is 5. The van der Waals surface area contributed by atoms with Crippen molar-refractivity contribution in [3.05, 3.63) is 34.9 Å². The number of aliphatic hydroxyl groups is 1. The number of rotatable bonds is 14. The first-order valence-electron chi connectivity index (χ1n) is 15.5. The van der Waals surface area contributed by atoms with Crippen LogP contribution in [0.2, 0.25) is 0 Å². The van der Waals surface area contributed by atoms with E-state index in [1.807, 2.05) is 6.07 Å². The summed E-state index contributed by atoms with van der Waals surface area (Å²) in [5, 5.41) is 20.9. The number of aromatic hydroxyl groups is 1. The number of aliphatic hydroxyl groups excluding tert-OH is 1. The lowest BCUT2D eigenvalue weighted by Crippen LogP contribution is -2.44. The summed E-state index contributed by atoms with van der Waals surface area (Å²) in [5.74, 6) is -4.14. The molecule has 2 fully saturated rings. The summed E-state index contributed by atoms with van der Waals surface area (Å²) in [7, 11) is -3.65. The molecule has 5 atom stereocenters. The van der Waals surface area contributed by atoms with E-state index in [9.17, 15) is 40.6 Å². The van der Waals surface area contributed by atoms with Crippen LogP contribution in [0.4, 0.5) is 22.0 Å². The van der Waals surface area contributed by atoms with Crippen LogP contribution in [0, 0.1) is 17.3 Å². The molecule has 0 amide bonds. The zero-order valence-electron chi connectivity index (χ0n) is 24.4. The molecule has 0 aromatic heterocycles. The molecule has 2 saturated carbocycles. The minimum atomic E-state index is -5.65. The Bertz CT molecular complexity index is 1210. The van der Waals surface area contributed by atoms with Crippen molar-refractivity contribution in [2.45, 2.75) is 121 Å². The number of fused-ring (bicyclic) bond motifs is 5. The lowest BCUT2D eigenvalue weighted by atomic mass is 9.54. The number of allylic oxidation sites excluding steroid dienone is 1. The van der Waals surface area contributed by atoms with Gasteiger partial charge in [-0.2, -0.15) is 22.0 Å². The van der Waals surface area contributed by atoms with Crippen LogP contribution in [-0.2, 0) is 9.84 Å². The Labute approximate surface area is 246 Å². The smallest absolute Gasteiger partial charge is 0.453 e. The highest BCUT2D eigenvalue weighted by Gasteiger charge is 2.57. The molecular weight excluding hydrogens is 575 g/mol. The fourth-order valence-corrected chi connectivity index (χ4v) is 9.26. The first kappa shape index (κ1) is 33.2. The highest BCUT2D eigenvalue weighted by atomic mass is 32.2. The zero-order valence-corrected chi connectivity index (χ0v) is 25.3. The normalized spacial score (nSPS) is 27.7. The fourth-order valence-electron chi connectivity index (χ4n) is 7.83. The molecule has 3 aliphatic carbocycles. The third-order valence-corrected chi connectivity index (χ3v) is 12.1. The molecule has 2 unspecified atom stereocenters. The van der Waals surface area contributed by atoms with Gasteiger partial charge in [0.1, 0.15) is 15.6 Å². The van der Waals surface area contributed by atoms with Gasteiger partial charge in [0.2, 0.25) is 0 Å². The molecule has 2 N–H and O–H groups in total. The number of unbranched alkanes of at least 4 members (excludes halogenated alkanes) is 6. The predicted molar refractivity (Wildman–Crippen MR) is 154 cm³/mol. The standard InChI is InChI=1S/C32H45F5O4S/c1-30-17-15-26-25-12-11-24(38)21-23(25)20-22(29(26)27(30)13-14-28(30)39)10-7-5-3-2-4-6-8-18-42(40,41)19-9-16-31(33,34)32(35,36)37/h11-12,20-21,26-29,38-39H,2-10,13-19H2,1H3/t26?,27?,28-,29+,30-/m0/s1. The van der Waals surface area contributed by atoms with E-state index in [1.54, 1.807) is 6.07 Å². The van der Waals surface area contributed by atoms with Gasteiger partial charge in [-0.25, -0.2) is 8.42 Å². The van der Waals surface area contributed by atoms with E-state index in [2.05, 4.69) is 19.1 Å². The van der Waals surface area contributed by atoms with Crippen LogP contribution in [0.5, 0.6) is 5.75 Å². The summed E-state index contributed by atoms with van der Waals surface area (Å²) in [5.41, 5.74) is 3.81. The van der Waals surface area contributed by atoms with Crippen LogP contribution in [-0.4, -0.2) is 48.3 Å². The second kappa shape index (κ2) is 13.1. The van der Waals surface area contributed by atoms with Crippen molar-refractivity contribution in [1.29, 1.82) is 0 Å². The van der Waals surface area contributed by atoms with Gasteiger partial charge in [-0.1, -0.05) is 56.7 Å². The van der Waals surface area contributed by atoms with Crippen molar-refractivity contribution >= 4 is 15.9 Å². The van der Waals surface area contributed by atoms with Gasteiger partial charge in [-0.05, 0) is 97.8 Å². The molecule has 0 spiro atoms. The number of benzene rings is 1. The molecule has 4 rings (SSSR count). The summed E-state index contributed by atoms with van der Waals surface area (Å²) in [6.45, 7) is 2.26. The summed E-state index contributed by atoms with van der Waals surface area (Å²) in [4.78, 5) is 0. The van der Waals surface area contributed by atoms with Crippen LogP contribution in [0.15, 0.2) is 23.8 Å². The molecule has 0 heterocycles. The Kier molecular flexibility index (Phi) is 10.4. The van der Waals surface area contributed by atoms with Crippen LogP contribution >= 0.6 is 0 Å². The Hall–Kier alpha value is -1.68. The van der Waals surface area contributed by atoms with E-state index in [0.29, 0.717) is 30.6 Å². The first-order valence-corrected chi connectivity index (χ1v) is 17.3. The Morgan fingerprint density at radius 3 is 2.24 bits per heavy atom. The number of phenolic OH excluding ortho intramolecular Hbond substituents is 1. The average molecular weight is 621 g/mol. The maximum Gasteiger partial charge on any atom is 0.453 e. The van der Waals surface area contributed by atoms with Crippen LogP contribution < -0.4 is 0 Å². The van der Waals surface area contributed by atoms with Gasteiger partial charge in [0.25, 0.3) is 0 Å². The first-order chi connectivity index (χ1) is 19.6. The zero-order chi connectivity index (χ0) is 30.8. The Morgan fingerprint density at radius 1 is 0.905 bits per heavy atom. The molecule has 238 valence electrons. The topological polar surface area (TPSA) is 74.6 Å². The largest absolute Gasteiger partial charge is 0.508 e. The van der Waals surface area contributed by atoms with Gasteiger partial charge in [0.05, 0.1) is 17.6 Å². The summed E-state index contributed by atoms with van der Waals surface area (Å²) in [6, 6.07) is 5.71. The van der Waals surface area contributed by atoms with E-state index in [-0.39, 0.29) is 23.0 Å². The second-order valence-corrected chi connectivity index (χ2v) is 15.4. The van der Waals surface area contributed by atoms with E-state index < -0.39 is 40.5 Å². The molecule has 42 heavy (non-hydrogen) atoms. The van der Waals surface area contributed by atoms with Gasteiger partial charge in [0.15, 0.2) is 0 Å². The predicted octanol–water partition coefficient (Wildman–Crippen LogP) is 8.57. The number of sulfone groups is 1. The molecule has 1 aromatic rings. The Balaban J connectivity index is 1.19. The number of halogens is 5. The third-order valence-electron chi connectivity index (χ3n) is 10.2. The van der Waals surface area contributed by atoms with Crippen molar-refractivity contribution in [1.82, 2.24) is 0 Å². The molecule has 0 radical (unpaired) electrons. The summed E-state index contributed by atoms with van der Waals surface area (Å²) in [6.07, 6.45) is 5.03. The minimum absolute atomic E-state index is 0.0453. The van der Waals surface area contributed by atoms with Gasteiger partial charge >= 0.3 is 12.1 Å². The molecule has 0 aliphatic heterocycles. The molecular formula is C32H45F5O4S. The Morgan fingerprint density at radius 2 is 1.55 bits per heavy atom. The maximum atomic E-state index is 13.0. The van der Waals surface area contributed by atoms with Gasteiger partial charge < -0.3 is 10.2 Å². The van der Waals surface area contributed by atoms with Crippen molar-refractivity contribution in [3.8, 4) is 5.75 Å². The number of hydrogen-bond donors (Lipinski definition) is 2. The van der Waals surface area contributed by atoms with Gasteiger partial charge in [-0.15, -0.1) is 0 Å². The average Bonchev–Trinajstić information content (AvgIpc) is 3.20. The van der Waals surface area contributed by atoms with E-state index >= 15 is 0 Å². The second-order valence-electron chi connectivity index (χ2n) is 13.1. The van der Waals surface area contributed by atoms with E-state index in [0.717, 1.165) is 69.8 Å². The minimum Gasteiger partial charge on any atom is -0.508 e. The lowest BCUT2D eigenvalue weighted by Gasteiger charge is -2.50. The molecule has 3 aliphatic rings. The SMILES string of the molecule is C[C@]12CCC3c4ccc(O)cc4C=C(CCCCCCCCCS(=O)(=O)CCCC(F)(F)C(F)(F)F)[C@H]3C1CC[C@@H]2O. The van der Waals surface area contributed by atoms with Crippen molar-refractivity contribution < 1.29 is 40.6 Å². The fraction of sp³-hybridized carbons (Fsp3) is 0.750. The number of phenols is 1. The van der Waals surface area contributed by atoms with Crippen LogP contribution in [0.3, 0.4) is 0 Å². The molecule has 1 aromatic carbocycles. The van der Waals surface area contributed by atoms with Crippen molar-refractivity contribution in [2.75, 3.05) is 11.5 Å². The van der Waals surface area contributed by atoms with Crippen LogP contribution in [0.1, 0.15) is 114 Å². The summed E-state index contributed by atoms with van der Waals surface area (Å²) >= 11 is 0.